The molecule has 4 rings (SSSR count). The molecule has 1 fully saturated rings. The van der Waals surface area contributed by atoms with Crippen molar-refractivity contribution in [3.05, 3.63) is 57.7 Å². The highest BCUT2D eigenvalue weighted by Crippen LogP contribution is 2.31. The first kappa shape index (κ1) is 17.7. The molecule has 7 heteroatoms. The van der Waals surface area contributed by atoms with Crippen LogP contribution in [0.3, 0.4) is 0 Å². The first-order chi connectivity index (χ1) is 13.2. The summed E-state index contributed by atoms with van der Waals surface area (Å²) in [6, 6.07) is 4.32. The van der Waals surface area contributed by atoms with Crippen LogP contribution < -0.4 is 4.90 Å². The molecule has 27 heavy (non-hydrogen) atoms. The number of hydrogen-bond donors (Lipinski definition) is 0. The van der Waals surface area contributed by atoms with Crippen LogP contribution >= 0.6 is 11.3 Å². The minimum absolute atomic E-state index is 0.321. The molecule has 3 aromatic rings. The number of nitriles is 1. The lowest BCUT2D eigenvalue weighted by Gasteiger charge is -2.34. The van der Waals surface area contributed by atoms with Crippen LogP contribution in [0.25, 0.3) is 0 Å². The van der Waals surface area contributed by atoms with Crippen molar-refractivity contribution in [3.63, 3.8) is 0 Å². The Morgan fingerprint density at radius 1 is 1.33 bits per heavy atom. The summed E-state index contributed by atoms with van der Waals surface area (Å²) >= 11 is 1.62. The minimum Gasteiger partial charge on any atom is -0.355 e. The van der Waals surface area contributed by atoms with E-state index in [-0.39, 0.29) is 0 Å². The molecule has 6 nitrogen and oxygen atoms in total. The van der Waals surface area contributed by atoms with Crippen LogP contribution in [0.2, 0.25) is 0 Å². The van der Waals surface area contributed by atoms with E-state index in [4.69, 9.17) is 4.98 Å². The molecule has 1 aliphatic rings. The second-order valence-electron chi connectivity index (χ2n) is 7.07. The molecule has 1 atom stereocenters. The molecule has 0 N–H and O–H groups in total. The molecule has 0 bridgehead atoms. The molecule has 0 spiro atoms. The number of piperidine rings is 1. The van der Waals surface area contributed by atoms with Gasteiger partial charge in [0.1, 0.15) is 17.7 Å². The zero-order valence-corrected chi connectivity index (χ0v) is 16.4. The Bertz CT molecular complexity index is 969. The Hall–Kier alpha value is -2.72. The standard InChI is InChI=1S/C20H22N6S/c1-14-8-15(2)24-20(18(14)9-21)25-6-3-4-16(10-25)19-22-5-7-26(19)11-17-12-27-13-23-17/h5,7-8,12-13,16H,3-4,6,10-11H2,1-2H3/t16-/m1/s1. The molecule has 0 unspecified atom stereocenters. The highest BCUT2D eigenvalue weighted by molar-refractivity contribution is 7.07. The van der Waals surface area contributed by atoms with Gasteiger partial charge in [-0.1, -0.05) is 0 Å². The maximum Gasteiger partial charge on any atom is 0.147 e. The van der Waals surface area contributed by atoms with Crippen LogP contribution in [0.1, 0.15) is 47.1 Å². The normalized spacial score (nSPS) is 17.1. The topological polar surface area (TPSA) is 70.6 Å². The summed E-state index contributed by atoms with van der Waals surface area (Å²) in [6.45, 7) is 6.48. The van der Waals surface area contributed by atoms with E-state index < -0.39 is 0 Å². The quantitative estimate of drug-likeness (QED) is 0.693. The Morgan fingerprint density at radius 2 is 2.22 bits per heavy atom. The second kappa shape index (κ2) is 7.49. The summed E-state index contributed by atoms with van der Waals surface area (Å²) in [5.41, 5.74) is 5.56. The number of aromatic nitrogens is 4. The molecule has 1 aliphatic heterocycles. The molecule has 0 aliphatic carbocycles. The number of aryl methyl sites for hydroxylation is 2. The zero-order chi connectivity index (χ0) is 18.8. The lowest BCUT2D eigenvalue weighted by Crippen LogP contribution is -2.36. The van der Waals surface area contributed by atoms with Gasteiger partial charge in [-0.05, 0) is 38.3 Å². The smallest absolute Gasteiger partial charge is 0.147 e. The summed E-state index contributed by atoms with van der Waals surface area (Å²) in [6.07, 6.45) is 6.06. The van der Waals surface area contributed by atoms with Crippen LogP contribution in [0.5, 0.6) is 0 Å². The Labute approximate surface area is 163 Å². The number of hydrogen-bond acceptors (Lipinski definition) is 6. The van der Waals surface area contributed by atoms with Crippen LogP contribution in [-0.4, -0.2) is 32.6 Å². The van der Waals surface area contributed by atoms with Crippen molar-refractivity contribution >= 4 is 17.2 Å². The third-order valence-electron chi connectivity index (χ3n) is 5.09. The van der Waals surface area contributed by atoms with Gasteiger partial charge in [0.2, 0.25) is 0 Å². The molecule has 0 aromatic carbocycles. The number of imidazole rings is 1. The third kappa shape index (κ3) is 3.58. The summed E-state index contributed by atoms with van der Waals surface area (Å²) < 4.78 is 2.20. The second-order valence-corrected chi connectivity index (χ2v) is 7.79. The van der Waals surface area contributed by atoms with E-state index in [0.29, 0.717) is 11.5 Å². The number of thiazole rings is 1. The van der Waals surface area contributed by atoms with E-state index in [1.165, 1.54) is 0 Å². The fourth-order valence-electron chi connectivity index (χ4n) is 3.87. The molecule has 138 valence electrons. The van der Waals surface area contributed by atoms with Gasteiger partial charge in [0.25, 0.3) is 0 Å². The van der Waals surface area contributed by atoms with Crippen molar-refractivity contribution < 1.29 is 0 Å². The van der Waals surface area contributed by atoms with Crippen LogP contribution in [0.15, 0.2) is 29.4 Å². The first-order valence-corrected chi connectivity index (χ1v) is 10.1. The fourth-order valence-corrected chi connectivity index (χ4v) is 4.42. The first-order valence-electron chi connectivity index (χ1n) is 9.17. The molecular formula is C20H22N6S. The highest BCUT2D eigenvalue weighted by Gasteiger charge is 2.27. The predicted molar refractivity (Wildman–Crippen MR) is 106 cm³/mol. The highest BCUT2D eigenvalue weighted by atomic mass is 32.1. The Balaban J connectivity index is 1.60. The molecule has 1 saturated heterocycles. The fraction of sp³-hybridized carbons (Fsp3) is 0.400. The van der Waals surface area contributed by atoms with E-state index in [1.807, 2.05) is 37.8 Å². The van der Waals surface area contributed by atoms with E-state index in [1.54, 1.807) is 11.3 Å². The Kier molecular flexibility index (Phi) is 4.90. The average molecular weight is 379 g/mol. The molecule has 4 heterocycles. The molecule has 0 amide bonds. The van der Waals surface area contributed by atoms with Gasteiger partial charge in [-0.2, -0.15) is 5.26 Å². The van der Waals surface area contributed by atoms with Gasteiger partial charge in [0.05, 0.1) is 23.3 Å². The summed E-state index contributed by atoms with van der Waals surface area (Å²) in [5, 5.41) is 11.7. The zero-order valence-electron chi connectivity index (χ0n) is 15.6. The Morgan fingerprint density at radius 3 is 3.00 bits per heavy atom. The van der Waals surface area contributed by atoms with Crippen LogP contribution in [0, 0.1) is 25.2 Å². The number of anilines is 1. The van der Waals surface area contributed by atoms with Gasteiger partial charge in [0, 0.05) is 42.5 Å². The van der Waals surface area contributed by atoms with Gasteiger partial charge >= 0.3 is 0 Å². The summed E-state index contributed by atoms with van der Waals surface area (Å²) in [7, 11) is 0. The predicted octanol–water partition coefficient (Wildman–Crippen LogP) is 3.66. The van der Waals surface area contributed by atoms with Gasteiger partial charge in [-0.25, -0.2) is 15.0 Å². The summed E-state index contributed by atoms with van der Waals surface area (Å²) in [4.78, 5) is 16.0. The average Bonchev–Trinajstić information content (AvgIpc) is 3.34. The van der Waals surface area contributed by atoms with Crippen molar-refractivity contribution in [2.45, 2.75) is 39.2 Å². The maximum atomic E-state index is 9.62. The molecule has 0 radical (unpaired) electrons. The number of nitrogens with zero attached hydrogens (tertiary/aromatic N) is 6. The number of rotatable bonds is 4. The number of pyridine rings is 1. The molecular weight excluding hydrogens is 356 g/mol. The third-order valence-corrected chi connectivity index (χ3v) is 5.72. The lowest BCUT2D eigenvalue weighted by atomic mass is 9.96. The van der Waals surface area contributed by atoms with Crippen molar-refractivity contribution in [1.29, 1.82) is 5.26 Å². The molecule has 3 aromatic heterocycles. The van der Waals surface area contributed by atoms with Gasteiger partial charge in [0.15, 0.2) is 0 Å². The summed E-state index contributed by atoms with van der Waals surface area (Å²) in [5.74, 6) is 2.23. The monoisotopic (exact) mass is 378 g/mol. The molecule has 0 saturated carbocycles. The van der Waals surface area contributed by atoms with Crippen molar-refractivity contribution in [2.75, 3.05) is 18.0 Å². The van der Waals surface area contributed by atoms with Crippen LogP contribution in [-0.2, 0) is 6.54 Å². The SMILES string of the molecule is Cc1cc(C)c(C#N)c(N2CCC[C@@H](c3nccn3Cc3cscn3)C2)n1. The van der Waals surface area contributed by atoms with Gasteiger partial charge in [-0.15, -0.1) is 11.3 Å². The van der Waals surface area contributed by atoms with E-state index in [0.717, 1.165) is 61.1 Å². The van der Waals surface area contributed by atoms with Crippen molar-refractivity contribution in [1.82, 2.24) is 19.5 Å². The van der Waals surface area contributed by atoms with Crippen LogP contribution in [0.4, 0.5) is 5.82 Å². The van der Waals surface area contributed by atoms with Crippen molar-refractivity contribution in [3.8, 4) is 6.07 Å². The maximum absolute atomic E-state index is 9.62. The lowest BCUT2D eigenvalue weighted by molar-refractivity contribution is 0.473. The van der Waals surface area contributed by atoms with E-state index in [2.05, 4.69) is 30.9 Å². The van der Waals surface area contributed by atoms with E-state index in [9.17, 15) is 5.26 Å². The minimum atomic E-state index is 0.321. The van der Waals surface area contributed by atoms with Gasteiger partial charge in [-0.3, -0.25) is 0 Å². The van der Waals surface area contributed by atoms with Gasteiger partial charge < -0.3 is 9.47 Å². The largest absolute Gasteiger partial charge is 0.355 e. The van der Waals surface area contributed by atoms with Crippen molar-refractivity contribution in [2.24, 2.45) is 0 Å². The van der Waals surface area contributed by atoms with E-state index >= 15 is 0 Å².